The van der Waals surface area contributed by atoms with Crippen LogP contribution < -0.4 is 10.1 Å². The van der Waals surface area contributed by atoms with E-state index in [1.807, 2.05) is 11.6 Å². The van der Waals surface area contributed by atoms with Crippen LogP contribution in [0, 0.1) is 19.8 Å². The van der Waals surface area contributed by atoms with Crippen LogP contribution in [0.5, 0.6) is 5.88 Å². The maximum Gasteiger partial charge on any atom is 0.224 e. The first-order valence-corrected chi connectivity index (χ1v) is 9.31. The minimum atomic E-state index is -0.0414. The van der Waals surface area contributed by atoms with Gasteiger partial charge in [-0.05, 0) is 37.8 Å². The number of nitrogens with one attached hydrogen (secondary N) is 1. The Morgan fingerprint density at radius 3 is 2.67 bits per heavy atom. The van der Waals surface area contributed by atoms with Gasteiger partial charge < -0.3 is 14.8 Å². The largest absolute Gasteiger partial charge is 0.475 e. The number of pyridine rings is 1. The molecule has 2 aromatic rings. The standard InChI is InChI=1S/C20H30N4O3/c1-14(2)13-24-16(4)18(15(3)23-24)7-8-19(25)22-17-6-9-20(21-12-17)27-11-10-26-5/h6,9,12,14H,7-8,10-11,13H2,1-5H3,(H,22,25). The highest BCUT2D eigenvalue weighted by atomic mass is 16.5. The van der Waals surface area contributed by atoms with E-state index in [-0.39, 0.29) is 5.91 Å². The van der Waals surface area contributed by atoms with Crippen LogP contribution in [0.2, 0.25) is 0 Å². The Labute approximate surface area is 161 Å². The minimum Gasteiger partial charge on any atom is -0.475 e. The first-order valence-electron chi connectivity index (χ1n) is 9.31. The maximum absolute atomic E-state index is 12.3. The third kappa shape index (κ3) is 6.36. The van der Waals surface area contributed by atoms with Gasteiger partial charge in [-0.3, -0.25) is 9.48 Å². The fourth-order valence-corrected chi connectivity index (χ4v) is 2.85. The van der Waals surface area contributed by atoms with E-state index in [4.69, 9.17) is 9.47 Å². The SMILES string of the molecule is COCCOc1ccc(NC(=O)CCc2c(C)nn(CC(C)C)c2C)cn1. The van der Waals surface area contributed by atoms with Gasteiger partial charge in [-0.1, -0.05) is 13.8 Å². The first-order chi connectivity index (χ1) is 12.9. The Bertz CT molecular complexity index is 738. The summed E-state index contributed by atoms with van der Waals surface area (Å²) in [4.78, 5) is 16.5. The van der Waals surface area contributed by atoms with E-state index in [9.17, 15) is 4.79 Å². The predicted molar refractivity (Wildman–Crippen MR) is 105 cm³/mol. The van der Waals surface area contributed by atoms with Gasteiger partial charge in [0.1, 0.15) is 6.61 Å². The fraction of sp³-hybridized carbons (Fsp3) is 0.550. The third-order valence-electron chi connectivity index (χ3n) is 4.23. The van der Waals surface area contributed by atoms with Gasteiger partial charge in [0.25, 0.3) is 0 Å². The second-order valence-electron chi connectivity index (χ2n) is 7.00. The lowest BCUT2D eigenvalue weighted by Crippen LogP contribution is -2.13. The monoisotopic (exact) mass is 374 g/mol. The zero-order valence-electron chi connectivity index (χ0n) is 16.9. The normalized spacial score (nSPS) is 11.0. The number of hydrogen-bond donors (Lipinski definition) is 1. The van der Waals surface area contributed by atoms with Crippen LogP contribution in [0.4, 0.5) is 5.69 Å². The Morgan fingerprint density at radius 2 is 2.04 bits per heavy atom. The van der Waals surface area contributed by atoms with Crippen molar-refractivity contribution in [3.63, 3.8) is 0 Å². The smallest absolute Gasteiger partial charge is 0.224 e. The van der Waals surface area contributed by atoms with Crippen molar-refractivity contribution in [1.29, 1.82) is 0 Å². The number of nitrogens with zero attached hydrogens (tertiary/aromatic N) is 3. The van der Waals surface area contributed by atoms with Crippen LogP contribution in [-0.2, 0) is 22.5 Å². The quantitative estimate of drug-likeness (QED) is 0.647. The molecule has 0 aromatic carbocycles. The topological polar surface area (TPSA) is 78.3 Å². The third-order valence-corrected chi connectivity index (χ3v) is 4.23. The number of carbonyl (C=O) groups excluding carboxylic acids is 1. The average molecular weight is 374 g/mol. The second-order valence-corrected chi connectivity index (χ2v) is 7.00. The molecule has 27 heavy (non-hydrogen) atoms. The first kappa shape index (κ1) is 20.9. The van der Waals surface area contributed by atoms with Crippen molar-refractivity contribution in [3.8, 4) is 5.88 Å². The summed E-state index contributed by atoms with van der Waals surface area (Å²) in [6.07, 6.45) is 2.67. The van der Waals surface area contributed by atoms with Gasteiger partial charge in [0.05, 0.1) is 24.2 Å². The number of hydrogen-bond acceptors (Lipinski definition) is 5. The molecule has 0 saturated carbocycles. The molecule has 2 heterocycles. The molecule has 0 aliphatic rings. The highest BCUT2D eigenvalue weighted by Gasteiger charge is 2.14. The van der Waals surface area contributed by atoms with Crippen LogP contribution in [0.1, 0.15) is 37.2 Å². The predicted octanol–water partition coefficient (Wildman–Crippen LogP) is 3.15. The summed E-state index contributed by atoms with van der Waals surface area (Å²) in [5.74, 6) is 1.00. The van der Waals surface area contributed by atoms with Crippen molar-refractivity contribution in [1.82, 2.24) is 14.8 Å². The molecule has 0 spiro atoms. The fourth-order valence-electron chi connectivity index (χ4n) is 2.85. The van der Waals surface area contributed by atoms with Crippen molar-refractivity contribution in [2.45, 2.75) is 47.1 Å². The molecular formula is C20H30N4O3. The van der Waals surface area contributed by atoms with E-state index in [0.29, 0.717) is 43.5 Å². The highest BCUT2D eigenvalue weighted by Crippen LogP contribution is 2.17. The maximum atomic E-state index is 12.3. The number of aromatic nitrogens is 3. The molecule has 0 bridgehead atoms. The zero-order chi connectivity index (χ0) is 19.8. The van der Waals surface area contributed by atoms with Gasteiger partial charge in [0, 0.05) is 31.8 Å². The van der Waals surface area contributed by atoms with Crippen LogP contribution in [0.15, 0.2) is 18.3 Å². The van der Waals surface area contributed by atoms with Crippen LogP contribution >= 0.6 is 0 Å². The number of ether oxygens (including phenoxy) is 2. The summed E-state index contributed by atoms with van der Waals surface area (Å²) < 4.78 is 12.4. The zero-order valence-corrected chi connectivity index (χ0v) is 16.9. The number of carbonyl (C=O) groups is 1. The number of aryl methyl sites for hydroxylation is 1. The van der Waals surface area contributed by atoms with Crippen molar-refractivity contribution in [3.05, 3.63) is 35.3 Å². The summed E-state index contributed by atoms with van der Waals surface area (Å²) in [7, 11) is 1.62. The molecule has 148 valence electrons. The van der Waals surface area contributed by atoms with Crippen molar-refractivity contribution in [2.24, 2.45) is 5.92 Å². The Kier molecular flexibility index (Phi) is 7.79. The van der Waals surface area contributed by atoms with Crippen molar-refractivity contribution >= 4 is 11.6 Å². The molecule has 0 saturated heterocycles. The summed E-state index contributed by atoms with van der Waals surface area (Å²) >= 11 is 0. The lowest BCUT2D eigenvalue weighted by atomic mass is 10.1. The molecule has 7 heteroatoms. The Balaban J connectivity index is 1.87. The van der Waals surface area contributed by atoms with Crippen molar-refractivity contribution in [2.75, 3.05) is 25.6 Å². The molecule has 1 amide bonds. The molecular weight excluding hydrogens is 344 g/mol. The number of rotatable bonds is 10. The molecule has 0 unspecified atom stereocenters. The van der Waals surface area contributed by atoms with Crippen molar-refractivity contribution < 1.29 is 14.3 Å². The molecule has 0 aliphatic heterocycles. The van der Waals surface area contributed by atoms with Gasteiger partial charge in [-0.25, -0.2) is 4.98 Å². The van der Waals surface area contributed by atoms with E-state index < -0.39 is 0 Å². The summed E-state index contributed by atoms with van der Waals surface area (Å²) in [6.45, 7) is 10.3. The number of amides is 1. The minimum absolute atomic E-state index is 0.0414. The average Bonchev–Trinajstić information content (AvgIpc) is 2.87. The van der Waals surface area contributed by atoms with Gasteiger partial charge >= 0.3 is 0 Å². The molecule has 7 nitrogen and oxygen atoms in total. The molecule has 0 radical (unpaired) electrons. The summed E-state index contributed by atoms with van der Waals surface area (Å²) in [5, 5.41) is 7.48. The molecule has 1 N–H and O–H groups in total. The lowest BCUT2D eigenvalue weighted by Gasteiger charge is -2.09. The molecule has 2 aromatic heterocycles. The Morgan fingerprint density at radius 1 is 1.26 bits per heavy atom. The van der Waals surface area contributed by atoms with E-state index in [1.165, 1.54) is 0 Å². The van der Waals surface area contributed by atoms with Crippen LogP contribution in [-0.4, -0.2) is 41.0 Å². The molecule has 0 fully saturated rings. The van der Waals surface area contributed by atoms with Gasteiger partial charge in [-0.2, -0.15) is 5.10 Å². The Hall–Kier alpha value is -2.41. The summed E-state index contributed by atoms with van der Waals surface area (Å²) in [6, 6.07) is 3.51. The van der Waals surface area contributed by atoms with E-state index in [2.05, 4.69) is 36.2 Å². The molecule has 2 rings (SSSR count). The van der Waals surface area contributed by atoms with Gasteiger partial charge in [-0.15, -0.1) is 0 Å². The van der Waals surface area contributed by atoms with E-state index in [0.717, 1.165) is 23.5 Å². The molecule has 0 aliphatic carbocycles. The van der Waals surface area contributed by atoms with Gasteiger partial charge in [0.2, 0.25) is 11.8 Å². The van der Waals surface area contributed by atoms with Crippen LogP contribution in [0.25, 0.3) is 0 Å². The highest BCUT2D eigenvalue weighted by molar-refractivity contribution is 5.90. The van der Waals surface area contributed by atoms with Gasteiger partial charge in [0.15, 0.2) is 0 Å². The number of anilines is 1. The number of methoxy groups -OCH3 is 1. The summed E-state index contributed by atoms with van der Waals surface area (Å²) in [5.41, 5.74) is 3.96. The molecule has 0 atom stereocenters. The van der Waals surface area contributed by atoms with E-state index >= 15 is 0 Å². The van der Waals surface area contributed by atoms with E-state index in [1.54, 1.807) is 25.4 Å². The second kappa shape index (κ2) is 10.1. The van der Waals surface area contributed by atoms with Crippen LogP contribution in [0.3, 0.4) is 0 Å². The lowest BCUT2D eigenvalue weighted by molar-refractivity contribution is -0.116.